The first kappa shape index (κ1) is 20.0. The van der Waals surface area contributed by atoms with Crippen molar-refractivity contribution in [3.05, 3.63) is 58.1 Å². The summed E-state index contributed by atoms with van der Waals surface area (Å²) in [6, 6.07) is 9.38. The lowest BCUT2D eigenvalue weighted by atomic mass is 10.1. The minimum atomic E-state index is -0.228. The van der Waals surface area contributed by atoms with Gasteiger partial charge in [-0.15, -0.1) is 0 Å². The molecule has 2 N–H and O–H groups in total. The van der Waals surface area contributed by atoms with Crippen molar-refractivity contribution in [2.45, 2.75) is 20.8 Å². The number of benzene rings is 1. The molecule has 8 nitrogen and oxygen atoms in total. The van der Waals surface area contributed by atoms with Gasteiger partial charge >= 0.3 is 0 Å². The number of likely N-dealkylation sites (N-methyl/N-ethyl adjacent to an activating group) is 1. The highest BCUT2D eigenvalue weighted by Gasteiger charge is 2.19. The van der Waals surface area contributed by atoms with Crippen LogP contribution in [0.15, 0.2) is 41.3 Å². The van der Waals surface area contributed by atoms with E-state index in [2.05, 4.69) is 37.0 Å². The molecule has 1 aliphatic rings. The molecular weight excluding hydrogens is 378 g/mol. The molecule has 3 aromatic rings. The van der Waals surface area contributed by atoms with E-state index >= 15 is 0 Å². The molecule has 0 unspecified atom stereocenters. The number of aryl methyl sites for hydroxylation is 2. The van der Waals surface area contributed by atoms with Gasteiger partial charge in [0, 0.05) is 49.7 Å². The average Bonchev–Trinajstić information content (AvgIpc) is 2.75. The van der Waals surface area contributed by atoms with E-state index in [9.17, 15) is 4.79 Å². The Hall–Kier alpha value is -3.26. The Balaban J connectivity index is 1.57. The number of rotatable bonds is 5. The lowest BCUT2D eigenvalue weighted by Crippen LogP contribution is -2.46. The lowest BCUT2D eigenvalue weighted by molar-refractivity contribution is 0.270. The van der Waals surface area contributed by atoms with Gasteiger partial charge in [0.05, 0.1) is 11.4 Å². The topological polar surface area (TPSA) is 90.0 Å². The van der Waals surface area contributed by atoms with E-state index in [1.54, 1.807) is 6.20 Å². The fourth-order valence-corrected chi connectivity index (χ4v) is 3.55. The van der Waals surface area contributed by atoms with E-state index in [-0.39, 0.29) is 5.56 Å². The van der Waals surface area contributed by atoms with E-state index < -0.39 is 0 Å². The van der Waals surface area contributed by atoms with Gasteiger partial charge in [-0.2, -0.15) is 0 Å². The second-order valence-corrected chi connectivity index (χ2v) is 7.56. The third-order valence-electron chi connectivity index (χ3n) is 5.40. The standard InChI is InChI=1S/C22H27N7O/c1-4-28-9-11-29(12-10-28)22-23-14-18(16(3)24-22)19-13-20(30)27-21(26-19)25-17-7-5-15(2)6-8-17/h5-8,13-14H,4,9-12H2,1-3H3,(H2,25,26,27,30). The van der Waals surface area contributed by atoms with Gasteiger partial charge in [-0.25, -0.2) is 15.0 Å². The number of hydrogen-bond donors (Lipinski definition) is 2. The van der Waals surface area contributed by atoms with Crippen LogP contribution in [0.3, 0.4) is 0 Å². The van der Waals surface area contributed by atoms with E-state index in [4.69, 9.17) is 4.98 Å². The number of nitrogens with one attached hydrogen (secondary N) is 2. The molecule has 0 amide bonds. The molecule has 3 heterocycles. The van der Waals surface area contributed by atoms with Gasteiger partial charge in [-0.1, -0.05) is 24.6 Å². The molecule has 1 aliphatic heterocycles. The summed E-state index contributed by atoms with van der Waals surface area (Å²) in [6.45, 7) is 11.1. The molecule has 8 heteroatoms. The Morgan fingerprint density at radius 2 is 1.80 bits per heavy atom. The molecule has 0 radical (unpaired) electrons. The molecule has 1 aromatic carbocycles. The second kappa shape index (κ2) is 8.62. The fourth-order valence-electron chi connectivity index (χ4n) is 3.55. The summed E-state index contributed by atoms with van der Waals surface area (Å²) in [6.07, 6.45) is 1.77. The molecule has 30 heavy (non-hydrogen) atoms. The molecule has 0 bridgehead atoms. The quantitative estimate of drug-likeness (QED) is 0.674. The second-order valence-electron chi connectivity index (χ2n) is 7.56. The number of nitrogens with zero attached hydrogens (tertiary/aromatic N) is 5. The van der Waals surface area contributed by atoms with Gasteiger partial charge in [0.25, 0.3) is 5.56 Å². The largest absolute Gasteiger partial charge is 0.338 e. The summed E-state index contributed by atoms with van der Waals surface area (Å²) in [4.78, 5) is 33.4. The molecule has 0 atom stereocenters. The average molecular weight is 406 g/mol. The highest BCUT2D eigenvalue weighted by Crippen LogP contribution is 2.22. The predicted molar refractivity (Wildman–Crippen MR) is 119 cm³/mol. The van der Waals surface area contributed by atoms with Crippen molar-refractivity contribution in [1.82, 2.24) is 24.8 Å². The van der Waals surface area contributed by atoms with Crippen LogP contribution in [0.4, 0.5) is 17.6 Å². The Kier molecular flexibility index (Phi) is 5.76. The summed E-state index contributed by atoms with van der Waals surface area (Å²) < 4.78 is 0. The Bertz CT molecular complexity index is 1070. The van der Waals surface area contributed by atoms with E-state index in [1.807, 2.05) is 38.1 Å². The zero-order chi connectivity index (χ0) is 21.1. The number of anilines is 3. The van der Waals surface area contributed by atoms with Crippen LogP contribution in [0.25, 0.3) is 11.3 Å². The Morgan fingerprint density at radius 3 is 2.47 bits per heavy atom. The maximum absolute atomic E-state index is 12.2. The van der Waals surface area contributed by atoms with Crippen LogP contribution >= 0.6 is 0 Å². The van der Waals surface area contributed by atoms with Crippen LogP contribution in [-0.4, -0.2) is 57.6 Å². The number of aromatic nitrogens is 4. The first-order valence-electron chi connectivity index (χ1n) is 10.3. The third kappa shape index (κ3) is 4.49. The molecule has 4 rings (SSSR count). The van der Waals surface area contributed by atoms with E-state index in [1.165, 1.54) is 11.6 Å². The van der Waals surface area contributed by atoms with Gasteiger partial charge < -0.3 is 15.1 Å². The van der Waals surface area contributed by atoms with Crippen molar-refractivity contribution in [2.75, 3.05) is 42.9 Å². The monoisotopic (exact) mass is 405 g/mol. The minimum absolute atomic E-state index is 0.228. The van der Waals surface area contributed by atoms with Crippen molar-refractivity contribution in [3.63, 3.8) is 0 Å². The van der Waals surface area contributed by atoms with Crippen molar-refractivity contribution < 1.29 is 0 Å². The molecule has 1 saturated heterocycles. The van der Waals surface area contributed by atoms with E-state index in [0.717, 1.165) is 55.6 Å². The normalized spacial score (nSPS) is 14.7. The Labute approximate surface area is 176 Å². The van der Waals surface area contributed by atoms with Crippen LogP contribution in [0.1, 0.15) is 18.2 Å². The van der Waals surface area contributed by atoms with Gasteiger partial charge in [0.1, 0.15) is 0 Å². The number of piperazine rings is 1. The fraction of sp³-hybridized carbons (Fsp3) is 0.364. The summed E-state index contributed by atoms with van der Waals surface area (Å²) >= 11 is 0. The van der Waals surface area contributed by atoms with Gasteiger partial charge in [0.15, 0.2) is 0 Å². The number of hydrogen-bond acceptors (Lipinski definition) is 7. The number of H-pyrrole nitrogens is 1. The summed E-state index contributed by atoms with van der Waals surface area (Å²) in [5, 5.41) is 3.15. The molecule has 156 valence electrons. The van der Waals surface area contributed by atoms with Gasteiger partial charge in [-0.05, 0) is 32.5 Å². The predicted octanol–water partition coefficient (Wildman–Crippen LogP) is 2.73. The maximum atomic E-state index is 12.2. The minimum Gasteiger partial charge on any atom is -0.338 e. The van der Waals surface area contributed by atoms with Crippen LogP contribution in [0.2, 0.25) is 0 Å². The third-order valence-corrected chi connectivity index (χ3v) is 5.40. The molecule has 0 spiro atoms. The zero-order valence-electron chi connectivity index (χ0n) is 17.6. The van der Waals surface area contributed by atoms with Crippen molar-refractivity contribution in [2.24, 2.45) is 0 Å². The van der Waals surface area contributed by atoms with Gasteiger partial charge in [0.2, 0.25) is 11.9 Å². The van der Waals surface area contributed by atoms with Crippen LogP contribution in [-0.2, 0) is 0 Å². The van der Waals surface area contributed by atoms with Crippen LogP contribution in [0, 0.1) is 13.8 Å². The number of aromatic amines is 1. The summed E-state index contributed by atoms with van der Waals surface area (Å²) in [5.41, 5.74) is 3.90. The van der Waals surface area contributed by atoms with Gasteiger partial charge in [-0.3, -0.25) is 9.78 Å². The van der Waals surface area contributed by atoms with E-state index in [0.29, 0.717) is 11.6 Å². The highest BCUT2D eigenvalue weighted by molar-refractivity contribution is 5.64. The summed E-state index contributed by atoms with van der Waals surface area (Å²) in [5.74, 6) is 1.12. The molecule has 0 aliphatic carbocycles. The summed E-state index contributed by atoms with van der Waals surface area (Å²) in [7, 11) is 0. The van der Waals surface area contributed by atoms with Crippen LogP contribution in [0.5, 0.6) is 0 Å². The molecule has 2 aromatic heterocycles. The SMILES string of the molecule is CCN1CCN(c2ncc(-c3cc(=O)[nH]c(Nc4ccc(C)cc4)n3)c(C)n2)CC1. The Morgan fingerprint density at radius 1 is 1.07 bits per heavy atom. The maximum Gasteiger partial charge on any atom is 0.252 e. The van der Waals surface area contributed by atoms with Crippen molar-refractivity contribution in [1.29, 1.82) is 0 Å². The van der Waals surface area contributed by atoms with Crippen molar-refractivity contribution in [3.8, 4) is 11.3 Å². The first-order valence-corrected chi connectivity index (χ1v) is 10.3. The smallest absolute Gasteiger partial charge is 0.252 e. The molecule has 0 saturated carbocycles. The highest BCUT2D eigenvalue weighted by atomic mass is 16.1. The zero-order valence-corrected chi connectivity index (χ0v) is 17.6. The lowest BCUT2D eigenvalue weighted by Gasteiger charge is -2.34. The van der Waals surface area contributed by atoms with Crippen LogP contribution < -0.4 is 15.8 Å². The van der Waals surface area contributed by atoms with Crippen molar-refractivity contribution >= 4 is 17.6 Å². The molecular formula is C22H27N7O. The first-order chi connectivity index (χ1) is 14.5. The molecule has 1 fully saturated rings.